The molecule has 1 saturated carbocycles. The molecule has 0 amide bonds. The SMILES string of the molecule is [2H]C1(O)CCC(Nc2ncc3nc(Nc4c(F)cc(F)cc4F)n([C@H]4CCOC4)c3n2)CC1. The Morgan fingerprint density at radius 1 is 1.09 bits per heavy atom. The molecular weight excluding hydrogens is 425 g/mol. The van der Waals surface area contributed by atoms with E-state index in [-0.39, 0.29) is 18.0 Å². The summed E-state index contributed by atoms with van der Waals surface area (Å²) < 4.78 is 56.8. The number of fused-ring (bicyclic) bond motifs is 1. The number of rotatable bonds is 5. The van der Waals surface area contributed by atoms with E-state index < -0.39 is 29.2 Å². The van der Waals surface area contributed by atoms with Gasteiger partial charge in [-0.05, 0) is 32.1 Å². The zero-order chi connectivity index (χ0) is 23.2. The summed E-state index contributed by atoms with van der Waals surface area (Å²) in [5, 5.41) is 15.7. The molecule has 0 spiro atoms. The van der Waals surface area contributed by atoms with Crippen LogP contribution in [0.2, 0.25) is 0 Å². The largest absolute Gasteiger partial charge is 0.393 e. The van der Waals surface area contributed by atoms with Crippen molar-refractivity contribution in [3.8, 4) is 0 Å². The van der Waals surface area contributed by atoms with E-state index in [9.17, 15) is 18.3 Å². The fraction of sp³-hybridized carbons (Fsp3) is 0.476. The number of halogens is 3. The Kier molecular flexibility index (Phi) is 5.27. The van der Waals surface area contributed by atoms with E-state index in [1.165, 1.54) is 6.20 Å². The summed E-state index contributed by atoms with van der Waals surface area (Å²) in [5.41, 5.74) is 0.367. The van der Waals surface area contributed by atoms with Crippen LogP contribution in [0.5, 0.6) is 0 Å². The van der Waals surface area contributed by atoms with Gasteiger partial charge in [0.05, 0.1) is 26.3 Å². The first-order valence-electron chi connectivity index (χ1n) is 11.0. The van der Waals surface area contributed by atoms with Crippen molar-refractivity contribution < 1.29 is 24.4 Å². The Morgan fingerprint density at radius 2 is 1.84 bits per heavy atom. The Balaban J connectivity index is 1.49. The molecule has 1 aliphatic carbocycles. The molecule has 3 N–H and O–H groups in total. The summed E-state index contributed by atoms with van der Waals surface area (Å²) in [6, 6.07) is 1.04. The molecule has 32 heavy (non-hydrogen) atoms. The van der Waals surface area contributed by atoms with Gasteiger partial charge in [-0.25, -0.2) is 23.1 Å². The Hall–Kier alpha value is -2.92. The molecule has 1 saturated heterocycles. The molecule has 2 aliphatic rings. The first-order valence-corrected chi connectivity index (χ1v) is 10.5. The first kappa shape index (κ1) is 19.7. The van der Waals surface area contributed by atoms with E-state index in [0.717, 1.165) is 0 Å². The maximum atomic E-state index is 14.3. The van der Waals surface area contributed by atoms with Gasteiger partial charge in [-0.2, -0.15) is 4.98 Å². The number of hydrogen-bond acceptors (Lipinski definition) is 7. The maximum Gasteiger partial charge on any atom is 0.224 e. The lowest BCUT2D eigenvalue weighted by Crippen LogP contribution is -2.29. The third-order valence-corrected chi connectivity index (χ3v) is 5.84. The van der Waals surface area contributed by atoms with E-state index in [4.69, 9.17) is 6.11 Å². The van der Waals surface area contributed by atoms with E-state index in [1.54, 1.807) is 4.57 Å². The van der Waals surface area contributed by atoms with Crippen LogP contribution in [-0.4, -0.2) is 50.0 Å². The summed E-state index contributed by atoms with van der Waals surface area (Å²) >= 11 is 0. The van der Waals surface area contributed by atoms with Gasteiger partial charge in [-0.3, -0.25) is 4.57 Å². The van der Waals surface area contributed by atoms with Crippen molar-refractivity contribution in [1.29, 1.82) is 0 Å². The molecule has 5 rings (SSSR count). The number of ether oxygens (including phenoxy) is 1. The highest BCUT2D eigenvalue weighted by atomic mass is 19.1. The van der Waals surface area contributed by atoms with Crippen LogP contribution in [0.25, 0.3) is 11.2 Å². The van der Waals surface area contributed by atoms with Crippen LogP contribution in [0, 0.1) is 17.5 Å². The van der Waals surface area contributed by atoms with Gasteiger partial charge in [0.2, 0.25) is 11.9 Å². The lowest BCUT2D eigenvalue weighted by Gasteiger charge is -2.26. The summed E-state index contributed by atoms with van der Waals surface area (Å²) in [7, 11) is 0. The van der Waals surface area contributed by atoms with Crippen LogP contribution in [0.3, 0.4) is 0 Å². The number of hydrogen-bond donors (Lipinski definition) is 3. The average molecular weight is 449 g/mol. The predicted molar refractivity (Wildman–Crippen MR) is 111 cm³/mol. The minimum absolute atomic E-state index is 0.0132. The number of aliphatic hydroxyl groups is 1. The molecule has 2 fully saturated rings. The maximum absolute atomic E-state index is 14.3. The third-order valence-electron chi connectivity index (χ3n) is 5.84. The molecule has 170 valence electrons. The molecule has 0 bridgehead atoms. The fourth-order valence-electron chi connectivity index (χ4n) is 4.17. The molecule has 0 unspecified atom stereocenters. The molecule has 1 atom stereocenters. The smallest absolute Gasteiger partial charge is 0.224 e. The van der Waals surface area contributed by atoms with Gasteiger partial charge in [-0.15, -0.1) is 0 Å². The van der Waals surface area contributed by atoms with E-state index in [0.29, 0.717) is 74.6 Å². The highest BCUT2D eigenvalue weighted by Gasteiger charge is 2.27. The fourth-order valence-corrected chi connectivity index (χ4v) is 4.17. The van der Waals surface area contributed by atoms with Gasteiger partial charge < -0.3 is 20.5 Å². The zero-order valence-electron chi connectivity index (χ0n) is 18.1. The second-order valence-corrected chi connectivity index (χ2v) is 8.08. The standard InChI is InChI=1S/C21H23F3N6O2/c22-11-7-15(23)18(16(24)8-11)28-21-27-17-9-25-20(26-12-1-3-14(31)4-2-12)29-19(17)30(21)13-5-6-32-10-13/h7-9,12-14,31H,1-6,10H2,(H,27,28)(H,25,26,29)/t12?,13-,14?/m0/s1/i14D. The van der Waals surface area contributed by atoms with Crippen LogP contribution in [-0.2, 0) is 4.74 Å². The summed E-state index contributed by atoms with van der Waals surface area (Å²) in [6.45, 7) is 0.906. The van der Waals surface area contributed by atoms with Crippen LogP contribution < -0.4 is 10.6 Å². The zero-order valence-corrected chi connectivity index (χ0v) is 17.1. The van der Waals surface area contributed by atoms with Crippen LogP contribution in [0.1, 0.15) is 39.5 Å². The first-order chi connectivity index (χ1) is 15.8. The lowest BCUT2D eigenvalue weighted by molar-refractivity contribution is 0.126. The minimum Gasteiger partial charge on any atom is -0.393 e. The summed E-state index contributed by atoms with van der Waals surface area (Å²) in [6.07, 6.45) is 2.70. The Bertz CT molecular complexity index is 1150. The number of anilines is 3. The van der Waals surface area contributed by atoms with Crippen molar-refractivity contribution in [3.05, 3.63) is 35.8 Å². The van der Waals surface area contributed by atoms with Crippen molar-refractivity contribution >= 4 is 28.7 Å². The quantitative estimate of drug-likeness (QED) is 0.547. The normalized spacial score (nSPS) is 26.3. The number of nitrogens with one attached hydrogen (secondary N) is 2. The molecule has 0 radical (unpaired) electrons. The second-order valence-electron chi connectivity index (χ2n) is 8.08. The van der Waals surface area contributed by atoms with Gasteiger partial charge >= 0.3 is 0 Å². The predicted octanol–water partition coefficient (Wildman–Crippen LogP) is 3.66. The molecular formula is C21H23F3N6O2. The van der Waals surface area contributed by atoms with Crippen molar-refractivity contribution in [2.75, 3.05) is 23.8 Å². The number of benzene rings is 1. The molecule has 3 aromatic rings. The van der Waals surface area contributed by atoms with Crippen molar-refractivity contribution in [1.82, 2.24) is 19.5 Å². The topological polar surface area (TPSA) is 97.1 Å². The third kappa shape index (κ3) is 4.09. The van der Waals surface area contributed by atoms with Gasteiger partial charge in [0.15, 0.2) is 17.3 Å². The van der Waals surface area contributed by atoms with Gasteiger partial charge in [0, 0.05) is 24.8 Å². The molecule has 11 heteroatoms. The van der Waals surface area contributed by atoms with Crippen molar-refractivity contribution in [2.24, 2.45) is 0 Å². The Labute approximate surface area is 183 Å². The molecule has 1 aromatic carbocycles. The highest BCUT2D eigenvalue weighted by molar-refractivity contribution is 5.76. The summed E-state index contributed by atoms with van der Waals surface area (Å²) in [4.78, 5) is 13.3. The molecule has 1 aliphatic heterocycles. The number of aromatic nitrogens is 4. The average Bonchev–Trinajstić information content (AvgIpc) is 3.39. The van der Waals surface area contributed by atoms with Crippen LogP contribution in [0.15, 0.2) is 18.3 Å². The van der Waals surface area contributed by atoms with Crippen LogP contribution >= 0.6 is 0 Å². The van der Waals surface area contributed by atoms with E-state index >= 15 is 0 Å². The van der Waals surface area contributed by atoms with Gasteiger partial charge in [0.1, 0.15) is 17.0 Å². The van der Waals surface area contributed by atoms with Crippen molar-refractivity contribution in [3.63, 3.8) is 0 Å². The van der Waals surface area contributed by atoms with Crippen molar-refractivity contribution in [2.45, 2.75) is 50.3 Å². The lowest BCUT2D eigenvalue weighted by atomic mass is 9.93. The second kappa shape index (κ2) is 8.55. The van der Waals surface area contributed by atoms with E-state index in [2.05, 4.69) is 25.6 Å². The minimum atomic E-state index is -1.39. The number of nitrogens with zero attached hydrogens (tertiary/aromatic N) is 4. The Morgan fingerprint density at radius 3 is 2.53 bits per heavy atom. The monoisotopic (exact) mass is 449 g/mol. The van der Waals surface area contributed by atoms with E-state index in [1.807, 2.05) is 0 Å². The summed E-state index contributed by atoms with van der Waals surface area (Å²) in [5.74, 6) is -2.66. The van der Waals surface area contributed by atoms with Gasteiger partial charge in [-0.1, -0.05) is 0 Å². The molecule has 8 nitrogen and oxygen atoms in total. The van der Waals surface area contributed by atoms with Crippen LogP contribution in [0.4, 0.5) is 30.8 Å². The highest BCUT2D eigenvalue weighted by Crippen LogP contribution is 2.32. The van der Waals surface area contributed by atoms with Gasteiger partial charge in [0.25, 0.3) is 0 Å². The molecule has 3 heterocycles. The number of imidazole rings is 1. The molecule has 2 aromatic heterocycles.